The van der Waals surface area contributed by atoms with Gasteiger partial charge in [-0.1, -0.05) is 23.2 Å². The molecule has 9 heteroatoms. The highest BCUT2D eigenvalue weighted by molar-refractivity contribution is 7.92. The fourth-order valence-corrected chi connectivity index (χ4v) is 3.67. The van der Waals surface area contributed by atoms with Gasteiger partial charge in [-0.05, 0) is 48.9 Å². The van der Waals surface area contributed by atoms with Crippen molar-refractivity contribution >= 4 is 38.9 Å². The van der Waals surface area contributed by atoms with Gasteiger partial charge >= 0.3 is 6.18 Å². The van der Waals surface area contributed by atoms with Crippen molar-refractivity contribution in [2.45, 2.75) is 18.0 Å². The summed E-state index contributed by atoms with van der Waals surface area (Å²) in [6, 6.07) is 6.20. The van der Waals surface area contributed by atoms with E-state index in [1.165, 1.54) is 12.1 Å². The standard InChI is InChI=1S/C14H10Cl2F3NO2S/c1-8-6-13(12(16)7-11(8)15)23(21,22)20-10-4-2-9(3-5-10)14(17,18)19/h2-7,20H,1H3. The first-order valence-corrected chi connectivity index (χ1v) is 8.40. The summed E-state index contributed by atoms with van der Waals surface area (Å²) < 4.78 is 64.3. The van der Waals surface area contributed by atoms with Crippen LogP contribution >= 0.6 is 23.2 Å². The Morgan fingerprint density at radius 1 is 1.00 bits per heavy atom. The lowest BCUT2D eigenvalue weighted by molar-refractivity contribution is -0.137. The molecule has 0 bridgehead atoms. The van der Waals surface area contributed by atoms with Crippen molar-refractivity contribution in [1.82, 2.24) is 0 Å². The Bertz CT molecular complexity index is 834. The molecule has 0 atom stereocenters. The van der Waals surface area contributed by atoms with E-state index in [4.69, 9.17) is 23.2 Å². The van der Waals surface area contributed by atoms with Crippen LogP contribution in [0.3, 0.4) is 0 Å². The number of anilines is 1. The smallest absolute Gasteiger partial charge is 0.280 e. The summed E-state index contributed by atoms with van der Waals surface area (Å²) in [5, 5.41) is 0.225. The molecule has 0 radical (unpaired) electrons. The fourth-order valence-electron chi connectivity index (χ4n) is 1.77. The van der Waals surface area contributed by atoms with Gasteiger partial charge in [-0.2, -0.15) is 13.2 Å². The molecule has 0 fully saturated rings. The first-order valence-electron chi connectivity index (χ1n) is 6.16. The Kier molecular flexibility index (Phi) is 4.84. The van der Waals surface area contributed by atoms with Crippen molar-refractivity contribution in [2.75, 3.05) is 4.72 Å². The van der Waals surface area contributed by atoms with E-state index in [9.17, 15) is 21.6 Å². The predicted octanol–water partition coefficient (Wildman–Crippen LogP) is 5.12. The van der Waals surface area contributed by atoms with Crippen LogP contribution in [0.15, 0.2) is 41.3 Å². The summed E-state index contributed by atoms with van der Waals surface area (Å²) in [5.41, 5.74) is -0.383. The van der Waals surface area contributed by atoms with Crippen LogP contribution in [0.4, 0.5) is 18.9 Å². The third-order valence-corrected chi connectivity index (χ3v) is 5.22. The minimum atomic E-state index is -4.49. The van der Waals surface area contributed by atoms with E-state index in [1.807, 2.05) is 0 Å². The molecule has 124 valence electrons. The minimum Gasteiger partial charge on any atom is -0.280 e. The first-order chi connectivity index (χ1) is 10.5. The van der Waals surface area contributed by atoms with Crippen molar-refractivity contribution < 1.29 is 21.6 Å². The zero-order valence-corrected chi connectivity index (χ0v) is 13.9. The number of hydrogen-bond donors (Lipinski definition) is 1. The Morgan fingerprint density at radius 2 is 1.57 bits per heavy atom. The van der Waals surface area contributed by atoms with Crippen molar-refractivity contribution in [3.8, 4) is 0 Å². The monoisotopic (exact) mass is 383 g/mol. The second-order valence-electron chi connectivity index (χ2n) is 4.71. The average molecular weight is 384 g/mol. The zero-order chi connectivity index (χ0) is 17.4. The molecule has 1 N–H and O–H groups in total. The van der Waals surface area contributed by atoms with Crippen LogP contribution < -0.4 is 4.72 Å². The third-order valence-electron chi connectivity index (χ3n) is 2.97. The Morgan fingerprint density at radius 3 is 2.09 bits per heavy atom. The lowest BCUT2D eigenvalue weighted by Crippen LogP contribution is -2.14. The van der Waals surface area contributed by atoms with Crippen molar-refractivity contribution in [3.05, 3.63) is 57.6 Å². The van der Waals surface area contributed by atoms with E-state index in [0.717, 1.165) is 24.3 Å². The van der Waals surface area contributed by atoms with E-state index >= 15 is 0 Å². The second-order valence-corrected chi connectivity index (χ2v) is 7.18. The molecule has 0 aliphatic heterocycles. The van der Waals surface area contributed by atoms with Crippen LogP contribution in [0.1, 0.15) is 11.1 Å². The summed E-state index contributed by atoms with van der Waals surface area (Å²) in [6.07, 6.45) is -4.49. The number of halogens is 5. The van der Waals surface area contributed by atoms with Crippen LogP contribution in [0.2, 0.25) is 10.0 Å². The summed E-state index contributed by atoms with van der Waals surface area (Å²) in [7, 11) is -4.05. The number of alkyl halides is 3. The third kappa shape index (κ3) is 4.10. The van der Waals surface area contributed by atoms with E-state index in [-0.39, 0.29) is 15.6 Å². The number of sulfonamides is 1. The van der Waals surface area contributed by atoms with E-state index in [1.54, 1.807) is 6.92 Å². The molecule has 23 heavy (non-hydrogen) atoms. The molecule has 0 saturated heterocycles. The van der Waals surface area contributed by atoms with Crippen LogP contribution in [0.25, 0.3) is 0 Å². The molecular formula is C14H10Cl2F3NO2S. The topological polar surface area (TPSA) is 46.2 Å². The normalized spacial score (nSPS) is 12.3. The van der Waals surface area contributed by atoms with Crippen molar-refractivity contribution in [2.24, 2.45) is 0 Å². The maximum Gasteiger partial charge on any atom is 0.416 e. The summed E-state index contributed by atoms with van der Waals surface area (Å²) in [5.74, 6) is 0. The molecule has 0 amide bonds. The summed E-state index contributed by atoms with van der Waals surface area (Å²) in [4.78, 5) is -0.207. The maximum atomic E-state index is 12.5. The number of hydrogen-bond acceptors (Lipinski definition) is 2. The SMILES string of the molecule is Cc1cc(S(=O)(=O)Nc2ccc(C(F)(F)F)cc2)c(Cl)cc1Cl. The molecule has 0 aromatic heterocycles. The molecule has 0 saturated carbocycles. The van der Waals surface area contributed by atoms with Crippen molar-refractivity contribution in [3.63, 3.8) is 0 Å². The Hall–Kier alpha value is -1.44. The van der Waals surface area contributed by atoms with Crippen LogP contribution in [-0.4, -0.2) is 8.42 Å². The van der Waals surface area contributed by atoms with Crippen LogP contribution in [0.5, 0.6) is 0 Å². The van der Waals surface area contributed by atoms with Gasteiger partial charge in [0.05, 0.1) is 10.6 Å². The van der Waals surface area contributed by atoms with Gasteiger partial charge in [-0.15, -0.1) is 0 Å². The second kappa shape index (κ2) is 6.22. The molecule has 0 unspecified atom stereocenters. The molecule has 0 aliphatic carbocycles. The Balaban J connectivity index is 2.34. The van der Waals surface area contributed by atoms with E-state index in [2.05, 4.69) is 4.72 Å². The largest absolute Gasteiger partial charge is 0.416 e. The first kappa shape index (κ1) is 17.9. The molecule has 3 nitrogen and oxygen atoms in total. The quantitative estimate of drug-likeness (QED) is 0.799. The molecule has 0 spiro atoms. The van der Waals surface area contributed by atoms with E-state index in [0.29, 0.717) is 10.6 Å². The summed E-state index contributed by atoms with van der Waals surface area (Å²) in [6.45, 7) is 1.61. The molecule has 2 rings (SSSR count). The van der Waals surface area contributed by atoms with Gasteiger partial charge < -0.3 is 0 Å². The number of rotatable bonds is 3. The summed E-state index contributed by atoms with van der Waals surface area (Å²) >= 11 is 11.7. The Labute approximate surface area is 141 Å². The van der Waals surface area contributed by atoms with Gasteiger partial charge in [0, 0.05) is 10.7 Å². The lowest BCUT2D eigenvalue weighted by atomic mass is 10.2. The van der Waals surface area contributed by atoms with Crippen molar-refractivity contribution in [1.29, 1.82) is 0 Å². The van der Waals surface area contributed by atoms with Gasteiger partial charge in [0.1, 0.15) is 4.90 Å². The molecular weight excluding hydrogens is 374 g/mol. The van der Waals surface area contributed by atoms with Gasteiger partial charge in [-0.25, -0.2) is 8.42 Å². The van der Waals surface area contributed by atoms with Crippen LogP contribution in [-0.2, 0) is 16.2 Å². The molecule has 0 aliphatic rings. The van der Waals surface area contributed by atoms with Gasteiger partial charge in [0.15, 0.2) is 0 Å². The molecule has 0 heterocycles. The number of aryl methyl sites for hydroxylation is 1. The minimum absolute atomic E-state index is 0.0123. The van der Waals surface area contributed by atoms with E-state index < -0.39 is 21.8 Å². The highest BCUT2D eigenvalue weighted by Gasteiger charge is 2.30. The molecule has 2 aromatic carbocycles. The number of benzene rings is 2. The van der Waals surface area contributed by atoms with Gasteiger partial charge in [-0.3, -0.25) is 4.72 Å². The zero-order valence-electron chi connectivity index (χ0n) is 11.6. The highest BCUT2D eigenvalue weighted by atomic mass is 35.5. The highest BCUT2D eigenvalue weighted by Crippen LogP contribution is 2.32. The van der Waals surface area contributed by atoms with Crippen LogP contribution in [0, 0.1) is 6.92 Å². The predicted molar refractivity (Wildman–Crippen MR) is 83.5 cm³/mol. The lowest BCUT2D eigenvalue weighted by Gasteiger charge is -2.12. The number of nitrogens with one attached hydrogen (secondary N) is 1. The maximum absolute atomic E-state index is 12.5. The molecule has 2 aromatic rings. The van der Waals surface area contributed by atoms with Gasteiger partial charge in [0.25, 0.3) is 10.0 Å². The fraction of sp³-hybridized carbons (Fsp3) is 0.143. The van der Waals surface area contributed by atoms with Gasteiger partial charge in [0.2, 0.25) is 0 Å². The average Bonchev–Trinajstić information content (AvgIpc) is 2.41.